The Kier molecular flexibility index (Phi) is 2.59. The Hall–Kier alpha value is 0.0300. The van der Waals surface area contributed by atoms with Crippen LogP contribution in [0.5, 0.6) is 0 Å². The Morgan fingerprint density at radius 1 is 1.56 bits per heavy atom. The van der Waals surface area contributed by atoms with E-state index in [-0.39, 0.29) is 5.75 Å². The molecule has 0 spiro atoms. The van der Waals surface area contributed by atoms with Crippen LogP contribution >= 0.6 is 0 Å². The molecule has 9 heavy (non-hydrogen) atoms. The molecule has 1 aliphatic rings. The van der Waals surface area contributed by atoms with E-state index in [0.717, 1.165) is 0 Å². The molecule has 0 amide bonds. The van der Waals surface area contributed by atoms with Gasteiger partial charge in [0, 0.05) is 0 Å². The molecular weight excluding hydrogens is 144 g/mol. The van der Waals surface area contributed by atoms with Crippen LogP contribution in [0.3, 0.4) is 0 Å². The van der Waals surface area contributed by atoms with Crippen LogP contribution in [-0.4, -0.2) is 34.0 Å². The number of hydrogen-bond acceptors (Lipinski definition) is 3. The summed E-state index contributed by atoms with van der Waals surface area (Å²) in [6.07, 6.45) is -0.462. The summed E-state index contributed by atoms with van der Waals surface area (Å²) in [6, 6.07) is 0. The van der Waals surface area contributed by atoms with Crippen molar-refractivity contribution in [1.29, 1.82) is 0 Å². The van der Waals surface area contributed by atoms with Crippen molar-refractivity contribution in [3.05, 3.63) is 0 Å². The van der Waals surface area contributed by atoms with Gasteiger partial charge in [-0.15, -0.1) is 0 Å². The van der Waals surface area contributed by atoms with E-state index in [1.54, 1.807) is 0 Å². The fourth-order valence-corrected chi connectivity index (χ4v) is 1.05. The first kappa shape index (κ1) is 7.14. The molecule has 1 N–H and O–H groups in total. The van der Waals surface area contributed by atoms with Gasteiger partial charge in [0.1, 0.15) is 5.75 Å². The fraction of sp³-hybridized carbons (Fsp3) is 1.00. The predicted octanol–water partition coefficient (Wildman–Crippen LogP) is -0.419. The molecule has 4 nitrogen and oxygen atoms in total. The zero-order valence-corrected chi connectivity index (χ0v) is 5.60. The SMILES string of the molecule is O=S(O)CC1OCCO1. The van der Waals surface area contributed by atoms with Gasteiger partial charge in [-0.3, -0.25) is 0 Å². The highest BCUT2D eigenvalue weighted by atomic mass is 32.2. The predicted molar refractivity (Wildman–Crippen MR) is 31.3 cm³/mol. The Morgan fingerprint density at radius 2 is 2.11 bits per heavy atom. The molecule has 0 bridgehead atoms. The smallest absolute Gasteiger partial charge is 0.171 e. The summed E-state index contributed by atoms with van der Waals surface area (Å²) in [5.74, 6) is 0.0556. The molecule has 1 rings (SSSR count). The van der Waals surface area contributed by atoms with E-state index < -0.39 is 17.4 Å². The molecule has 1 fully saturated rings. The fourth-order valence-electron chi connectivity index (χ4n) is 0.620. The van der Waals surface area contributed by atoms with Gasteiger partial charge in [-0.25, -0.2) is 4.21 Å². The first-order chi connectivity index (χ1) is 4.29. The van der Waals surface area contributed by atoms with E-state index in [0.29, 0.717) is 13.2 Å². The van der Waals surface area contributed by atoms with E-state index in [2.05, 4.69) is 0 Å². The normalized spacial score (nSPS) is 24.6. The molecule has 54 valence electrons. The molecule has 1 atom stereocenters. The van der Waals surface area contributed by atoms with Crippen molar-refractivity contribution in [3.8, 4) is 0 Å². The summed E-state index contributed by atoms with van der Waals surface area (Å²) in [6.45, 7) is 1.06. The molecular formula is C4H8O4S. The van der Waals surface area contributed by atoms with E-state index in [1.165, 1.54) is 0 Å². The van der Waals surface area contributed by atoms with Crippen LogP contribution < -0.4 is 0 Å². The van der Waals surface area contributed by atoms with Gasteiger partial charge in [0.15, 0.2) is 17.4 Å². The van der Waals surface area contributed by atoms with Gasteiger partial charge in [-0.1, -0.05) is 0 Å². The van der Waals surface area contributed by atoms with Gasteiger partial charge in [0.2, 0.25) is 0 Å². The van der Waals surface area contributed by atoms with Gasteiger partial charge in [0.25, 0.3) is 0 Å². The van der Waals surface area contributed by atoms with Crippen LogP contribution in [-0.2, 0) is 20.6 Å². The van der Waals surface area contributed by atoms with Crippen LogP contribution in [0.15, 0.2) is 0 Å². The number of ether oxygens (including phenoxy) is 2. The summed E-state index contributed by atoms with van der Waals surface area (Å²) in [5.41, 5.74) is 0. The van der Waals surface area contributed by atoms with Crippen molar-refractivity contribution < 1.29 is 18.2 Å². The highest BCUT2D eigenvalue weighted by Crippen LogP contribution is 2.03. The van der Waals surface area contributed by atoms with E-state index in [1.807, 2.05) is 0 Å². The maximum atomic E-state index is 10.1. The maximum Gasteiger partial charge on any atom is 0.171 e. The minimum Gasteiger partial charge on any atom is -0.349 e. The Morgan fingerprint density at radius 3 is 2.56 bits per heavy atom. The van der Waals surface area contributed by atoms with Crippen LogP contribution in [0.25, 0.3) is 0 Å². The first-order valence-corrected chi connectivity index (χ1v) is 3.87. The Labute approximate surface area is 55.4 Å². The van der Waals surface area contributed by atoms with Crippen molar-refractivity contribution in [2.45, 2.75) is 6.29 Å². The maximum absolute atomic E-state index is 10.1. The zero-order valence-electron chi connectivity index (χ0n) is 4.78. The van der Waals surface area contributed by atoms with Crippen molar-refractivity contribution in [2.75, 3.05) is 19.0 Å². The van der Waals surface area contributed by atoms with Gasteiger partial charge in [-0.05, 0) is 0 Å². The van der Waals surface area contributed by atoms with Crippen LogP contribution in [0.4, 0.5) is 0 Å². The summed E-state index contributed by atoms with van der Waals surface area (Å²) in [5, 5.41) is 0. The largest absolute Gasteiger partial charge is 0.349 e. The molecule has 1 saturated heterocycles. The third kappa shape index (κ3) is 2.40. The van der Waals surface area contributed by atoms with Crippen molar-refractivity contribution in [2.24, 2.45) is 0 Å². The average molecular weight is 152 g/mol. The number of rotatable bonds is 2. The molecule has 0 radical (unpaired) electrons. The molecule has 0 aliphatic carbocycles. The van der Waals surface area contributed by atoms with Crippen LogP contribution in [0, 0.1) is 0 Å². The van der Waals surface area contributed by atoms with Crippen molar-refractivity contribution in [1.82, 2.24) is 0 Å². The minimum absolute atomic E-state index is 0.0556. The second-order valence-corrected chi connectivity index (χ2v) is 2.64. The summed E-state index contributed by atoms with van der Waals surface area (Å²) >= 11 is -1.81. The van der Waals surface area contributed by atoms with Crippen molar-refractivity contribution in [3.63, 3.8) is 0 Å². The molecule has 1 unspecified atom stereocenters. The molecule has 0 aromatic heterocycles. The van der Waals surface area contributed by atoms with E-state index in [9.17, 15) is 4.21 Å². The lowest BCUT2D eigenvalue weighted by molar-refractivity contribution is -0.0227. The summed E-state index contributed by atoms with van der Waals surface area (Å²) in [4.78, 5) is 0. The lowest BCUT2D eigenvalue weighted by Crippen LogP contribution is -2.16. The van der Waals surface area contributed by atoms with Gasteiger partial charge in [-0.2, -0.15) is 0 Å². The Balaban J connectivity index is 2.19. The molecule has 0 saturated carbocycles. The van der Waals surface area contributed by atoms with Gasteiger partial charge in [0.05, 0.1) is 13.2 Å². The summed E-state index contributed by atoms with van der Waals surface area (Å²) < 4.78 is 28.2. The Bertz CT molecular complexity index is 109. The molecule has 0 aromatic carbocycles. The molecule has 1 aliphatic heterocycles. The van der Waals surface area contributed by atoms with E-state index >= 15 is 0 Å². The van der Waals surface area contributed by atoms with Crippen molar-refractivity contribution >= 4 is 11.1 Å². The second kappa shape index (κ2) is 3.26. The van der Waals surface area contributed by atoms with Gasteiger partial charge < -0.3 is 14.0 Å². The topological polar surface area (TPSA) is 55.8 Å². The third-order valence-electron chi connectivity index (χ3n) is 0.969. The molecule has 1 heterocycles. The second-order valence-electron chi connectivity index (χ2n) is 1.66. The standard InChI is InChI=1S/C4H8O4S/c5-9(6)3-4-7-1-2-8-4/h4H,1-3H2,(H,5,6). The first-order valence-electron chi connectivity index (χ1n) is 2.59. The highest BCUT2D eigenvalue weighted by Gasteiger charge is 2.17. The molecule has 5 heteroatoms. The third-order valence-corrected chi connectivity index (χ3v) is 1.53. The quantitative estimate of drug-likeness (QED) is 0.546. The summed E-state index contributed by atoms with van der Waals surface area (Å²) in [7, 11) is 0. The lowest BCUT2D eigenvalue weighted by atomic mass is 10.8. The minimum atomic E-state index is -1.81. The zero-order chi connectivity index (χ0) is 6.69. The lowest BCUT2D eigenvalue weighted by Gasteiger charge is -2.03. The van der Waals surface area contributed by atoms with E-state index in [4.69, 9.17) is 14.0 Å². The molecule has 0 aromatic rings. The highest BCUT2D eigenvalue weighted by molar-refractivity contribution is 7.79. The van der Waals surface area contributed by atoms with Crippen LogP contribution in [0.2, 0.25) is 0 Å². The van der Waals surface area contributed by atoms with Crippen LogP contribution in [0.1, 0.15) is 0 Å². The monoisotopic (exact) mass is 152 g/mol. The average Bonchev–Trinajstić information content (AvgIpc) is 2.15. The van der Waals surface area contributed by atoms with Gasteiger partial charge >= 0.3 is 0 Å². The number of hydrogen-bond donors (Lipinski definition) is 1.